The average molecular weight is 272 g/mol. The predicted molar refractivity (Wildman–Crippen MR) is 65.1 cm³/mol. The van der Waals surface area contributed by atoms with E-state index in [1.807, 2.05) is 13.8 Å². The summed E-state index contributed by atoms with van der Waals surface area (Å²) in [6, 6.07) is 0. The van der Waals surface area contributed by atoms with Gasteiger partial charge in [0.25, 0.3) is 5.78 Å². The molecule has 0 spiro atoms. The third-order valence-electron chi connectivity index (χ3n) is 2.98. The Bertz CT molecular complexity index is 362. The highest BCUT2D eigenvalue weighted by atomic mass is 16.6. The molecule has 108 valence electrons. The monoisotopic (exact) mass is 272 g/mol. The van der Waals surface area contributed by atoms with E-state index in [0.717, 1.165) is 0 Å². The van der Waals surface area contributed by atoms with Crippen LogP contribution in [-0.2, 0) is 23.9 Å². The minimum atomic E-state index is -1.32. The van der Waals surface area contributed by atoms with Gasteiger partial charge in [0.1, 0.15) is 0 Å². The number of carbonyl (C=O) groups excluding carboxylic acids is 3. The lowest BCUT2D eigenvalue weighted by Gasteiger charge is -2.20. The van der Waals surface area contributed by atoms with Gasteiger partial charge in [-0.25, -0.2) is 4.79 Å². The first kappa shape index (κ1) is 15.6. The molecule has 0 aromatic carbocycles. The van der Waals surface area contributed by atoms with Gasteiger partial charge in [-0.2, -0.15) is 0 Å². The van der Waals surface area contributed by atoms with Gasteiger partial charge >= 0.3 is 11.9 Å². The van der Waals surface area contributed by atoms with E-state index in [-0.39, 0.29) is 6.42 Å². The molecule has 0 aliphatic carbocycles. The van der Waals surface area contributed by atoms with Crippen molar-refractivity contribution in [2.24, 2.45) is 5.92 Å². The first-order valence-corrected chi connectivity index (χ1v) is 6.49. The smallest absolute Gasteiger partial charge is 0.379 e. The van der Waals surface area contributed by atoms with Crippen molar-refractivity contribution in [2.75, 3.05) is 0 Å². The molecule has 0 radical (unpaired) electrons. The van der Waals surface area contributed by atoms with Crippen LogP contribution in [0.2, 0.25) is 0 Å². The second-order valence-electron chi connectivity index (χ2n) is 5.05. The van der Waals surface area contributed by atoms with Gasteiger partial charge in [0.15, 0.2) is 6.10 Å². The average Bonchev–Trinajstić information content (AvgIpc) is 2.63. The van der Waals surface area contributed by atoms with E-state index in [2.05, 4.69) is 0 Å². The highest BCUT2D eigenvalue weighted by Gasteiger charge is 2.49. The van der Waals surface area contributed by atoms with Gasteiger partial charge in [0, 0.05) is 6.42 Å². The first-order valence-electron chi connectivity index (χ1n) is 6.49. The molecule has 1 aliphatic rings. The van der Waals surface area contributed by atoms with Crippen LogP contribution < -0.4 is 0 Å². The number of ketones is 1. The molecule has 19 heavy (non-hydrogen) atoms. The zero-order chi connectivity index (χ0) is 14.6. The summed E-state index contributed by atoms with van der Waals surface area (Å²) in [5.41, 5.74) is 0. The zero-order valence-corrected chi connectivity index (χ0v) is 11.4. The third kappa shape index (κ3) is 4.02. The minimum absolute atomic E-state index is 0.171. The van der Waals surface area contributed by atoms with Gasteiger partial charge in [0.2, 0.25) is 6.10 Å². The van der Waals surface area contributed by atoms with Crippen molar-refractivity contribution >= 4 is 17.7 Å². The maximum absolute atomic E-state index is 11.6. The number of ether oxygens (including phenoxy) is 2. The third-order valence-corrected chi connectivity index (χ3v) is 2.98. The summed E-state index contributed by atoms with van der Waals surface area (Å²) >= 11 is 0. The summed E-state index contributed by atoms with van der Waals surface area (Å²) in [5, 5.41) is 9.67. The Labute approximate surface area is 112 Å². The fourth-order valence-corrected chi connectivity index (χ4v) is 1.75. The molecule has 0 amide bonds. The number of cyclic esters (lactones) is 1. The van der Waals surface area contributed by atoms with Crippen molar-refractivity contribution in [1.82, 2.24) is 0 Å². The van der Waals surface area contributed by atoms with E-state index in [4.69, 9.17) is 9.47 Å². The summed E-state index contributed by atoms with van der Waals surface area (Å²) in [4.78, 5) is 34.3. The van der Waals surface area contributed by atoms with Crippen LogP contribution in [0.3, 0.4) is 0 Å². The van der Waals surface area contributed by atoms with Crippen LogP contribution in [0.15, 0.2) is 0 Å². The molecule has 1 N–H and O–H groups in total. The van der Waals surface area contributed by atoms with Crippen LogP contribution >= 0.6 is 0 Å². The van der Waals surface area contributed by atoms with Crippen LogP contribution in [0, 0.1) is 5.92 Å². The maximum atomic E-state index is 11.6. The van der Waals surface area contributed by atoms with Crippen molar-refractivity contribution in [3.8, 4) is 0 Å². The quantitative estimate of drug-likeness (QED) is 0.562. The molecule has 6 heteroatoms. The predicted octanol–water partition coefficient (Wildman–Crippen LogP) is 0.600. The number of carbonyl (C=O) groups is 3. The molecule has 1 saturated heterocycles. The Morgan fingerprint density at radius 1 is 1.42 bits per heavy atom. The Morgan fingerprint density at radius 3 is 2.58 bits per heavy atom. The van der Waals surface area contributed by atoms with Crippen LogP contribution in [0.25, 0.3) is 0 Å². The van der Waals surface area contributed by atoms with E-state index in [0.29, 0.717) is 18.8 Å². The first-order chi connectivity index (χ1) is 8.86. The summed E-state index contributed by atoms with van der Waals surface area (Å²) < 4.78 is 9.74. The fourth-order valence-electron chi connectivity index (χ4n) is 1.75. The number of aliphatic hydroxyl groups is 1. The minimum Gasteiger partial charge on any atom is -0.450 e. The van der Waals surface area contributed by atoms with Crippen molar-refractivity contribution in [2.45, 2.75) is 58.3 Å². The second kappa shape index (κ2) is 6.65. The number of Topliss-reactive ketones (excluding diaryl/α,β-unsaturated/α-hetero) is 1. The van der Waals surface area contributed by atoms with Gasteiger partial charge in [-0.3, -0.25) is 9.59 Å². The van der Waals surface area contributed by atoms with E-state index in [1.165, 1.54) is 0 Å². The Balaban J connectivity index is 2.64. The topological polar surface area (TPSA) is 89.9 Å². The number of esters is 2. The largest absolute Gasteiger partial charge is 0.450 e. The van der Waals surface area contributed by atoms with Crippen LogP contribution in [0.1, 0.15) is 40.0 Å². The van der Waals surface area contributed by atoms with Crippen molar-refractivity contribution in [3.63, 3.8) is 0 Å². The van der Waals surface area contributed by atoms with E-state index >= 15 is 0 Å². The number of hydrogen-bond donors (Lipinski definition) is 1. The van der Waals surface area contributed by atoms with Crippen molar-refractivity contribution < 1.29 is 29.0 Å². The van der Waals surface area contributed by atoms with E-state index in [9.17, 15) is 19.5 Å². The van der Waals surface area contributed by atoms with Gasteiger partial charge in [-0.1, -0.05) is 20.8 Å². The molecule has 0 aromatic rings. The molecule has 3 unspecified atom stereocenters. The molecule has 3 atom stereocenters. The summed E-state index contributed by atoms with van der Waals surface area (Å²) in [6.07, 6.45) is -2.32. The van der Waals surface area contributed by atoms with Crippen LogP contribution in [-0.4, -0.2) is 41.1 Å². The second-order valence-corrected chi connectivity index (χ2v) is 5.05. The highest BCUT2D eigenvalue weighted by Crippen LogP contribution is 2.21. The standard InChI is InChI=1S/C13H20O6/c1-4-8(14)11-12(10(16)13(17)19-11)18-9(15)6-5-7(2)3/h7-8,11-12,14H,4-6H2,1-3H3. The van der Waals surface area contributed by atoms with Crippen LogP contribution in [0.5, 0.6) is 0 Å². The molecule has 0 aromatic heterocycles. The van der Waals surface area contributed by atoms with Crippen molar-refractivity contribution in [1.29, 1.82) is 0 Å². The van der Waals surface area contributed by atoms with Crippen molar-refractivity contribution in [3.05, 3.63) is 0 Å². The molecular formula is C13H20O6. The molecule has 1 fully saturated rings. The zero-order valence-electron chi connectivity index (χ0n) is 11.4. The van der Waals surface area contributed by atoms with E-state index < -0.39 is 36.0 Å². The van der Waals surface area contributed by atoms with Gasteiger partial charge < -0.3 is 14.6 Å². The lowest BCUT2D eigenvalue weighted by atomic mass is 10.0. The summed E-state index contributed by atoms with van der Waals surface area (Å²) in [5.74, 6) is -2.19. The summed E-state index contributed by atoms with van der Waals surface area (Å²) in [6.45, 7) is 5.60. The lowest BCUT2D eigenvalue weighted by Crippen LogP contribution is -2.40. The maximum Gasteiger partial charge on any atom is 0.379 e. The van der Waals surface area contributed by atoms with Gasteiger partial charge in [-0.15, -0.1) is 0 Å². The molecule has 1 heterocycles. The lowest BCUT2D eigenvalue weighted by molar-refractivity contribution is -0.159. The van der Waals surface area contributed by atoms with Crippen LogP contribution in [0.4, 0.5) is 0 Å². The molecular weight excluding hydrogens is 252 g/mol. The highest BCUT2D eigenvalue weighted by molar-refractivity contribution is 6.37. The van der Waals surface area contributed by atoms with Gasteiger partial charge in [-0.05, 0) is 18.8 Å². The Kier molecular flexibility index (Phi) is 5.47. The molecule has 1 aliphatic heterocycles. The van der Waals surface area contributed by atoms with Gasteiger partial charge in [0.05, 0.1) is 6.10 Å². The molecule has 0 saturated carbocycles. The molecule has 0 bridgehead atoms. The normalized spacial score (nSPS) is 24.5. The SMILES string of the molecule is CCC(O)C1OC(=O)C(=O)C1OC(=O)CCC(C)C. The summed E-state index contributed by atoms with van der Waals surface area (Å²) in [7, 11) is 0. The Hall–Kier alpha value is -1.43. The number of rotatable bonds is 6. The molecule has 6 nitrogen and oxygen atoms in total. The number of aliphatic hydroxyl groups excluding tert-OH is 1. The number of hydrogen-bond acceptors (Lipinski definition) is 6. The fraction of sp³-hybridized carbons (Fsp3) is 0.769. The Morgan fingerprint density at radius 2 is 2.05 bits per heavy atom. The molecule has 1 rings (SSSR count). The van der Waals surface area contributed by atoms with E-state index in [1.54, 1.807) is 6.92 Å².